The van der Waals surface area contributed by atoms with E-state index in [0.717, 1.165) is 16.8 Å². The molecule has 2 heterocycles. The van der Waals surface area contributed by atoms with Gasteiger partial charge in [-0.1, -0.05) is 0 Å². The van der Waals surface area contributed by atoms with Gasteiger partial charge in [0.05, 0.1) is 19.2 Å². The molecule has 9 N–H and O–H groups in total. The van der Waals surface area contributed by atoms with Crippen LogP contribution in [-0.2, 0) is 18.9 Å². The summed E-state index contributed by atoms with van der Waals surface area (Å²) in [5, 5.41) is 37.9. The Hall–Kier alpha value is -2.43. The summed E-state index contributed by atoms with van der Waals surface area (Å²) >= 11 is 0. The number of rotatable bonds is 7. The summed E-state index contributed by atoms with van der Waals surface area (Å²) in [6.07, 6.45) is -4.35. The van der Waals surface area contributed by atoms with Gasteiger partial charge in [0, 0.05) is 18.7 Å². The molecule has 1 fully saturated rings. The Labute approximate surface area is 167 Å². The van der Waals surface area contributed by atoms with E-state index in [1.807, 2.05) is 4.98 Å². The number of carboxylic acids is 2. The summed E-state index contributed by atoms with van der Waals surface area (Å²) in [6, 6.07) is 1.07. The van der Waals surface area contributed by atoms with Crippen LogP contribution in [0.25, 0.3) is 0 Å². The topological polar surface area (TPSA) is 266 Å². The second kappa shape index (κ2) is 10.6. The van der Waals surface area contributed by atoms with Gasteiger partial charge in [0.2, 0.25) is 0 Å². The lowest BCUT2D eigenvalue weighted by Crippen LogP contribution is -2.51. The lowest BCUT2D eigenvalue weighted by atomic mass is 10.1. The molecule has 30 heavy (non-hydrogen) atoms. The molecule has 0 aromatic carbocycles. The second-order valence-corrected chi connectivity index (χ2v) is 7.25. The standard InChI is InChI=1S/C13H17N3O9.H4NO3P/c17-6-3-8(16-2-1-7(18)14-13(16)24)25-11(6)12(23)15(4-9(19)20)5-10(21)22;1-5(2,3)4/h1-2,6,8,11-12,17,23H,3-5H2,(H,19,20)(H,21,22)(H,14,18,24);(H4,1,2,3,4)/t6-,8+,11-,12?;/m0./s1. The minimum atomic E-state index is -4.14. The van der Waals surface area contributed by atoms with E-state index in [1.165, 1.54) is 0 Å². The van der Waals surface area contributed by atoms with E-state index >= 15 is 0 Å². The van der Waals surface area contributed by atoms with Crippen molar-refractivity contribution in [2.24, 2.45) is 5.50 Å². The number of nitrogens with one attached hydrogen (secondary N) is 1. The van der Waals surface area contributed by atoms with Gasteiger partial charge in [-0.15, -0.1) is 0 Å². The third-order valence-electron chi connectivity index (χ3n) is 3.64. The molecule has 17 heteroatoms. The minimum Gasteiger partial charge on any atom is -0.480 e. The quantitative estimate of drug-likeness (QED) is 0.144. The zero-order valence-electron chi connectivity index (χ0n) is 15.1. The maximum absolute atomic E-state index is 11.8. The number of aromatic amines is 1. The Balaban J connectivity index is 0.000000804. The van der Waals surface area contributed by atoms with Crippen LogP contribution in [0.5, 0.6) is 0 Å². The molecular weight excluding hydrogens is 435 g/mol. The molecule has 170 valence electrons. The van der Waals surface area contributed by atoms with Crippen LogP contribution in [0.2, 0.25) is 0 Å². The Kier molecular flexibility index (Phi) is 9.01. The van der Waals surface area contributed by atoms with Crippen molar-refractivity contribution < 1.29 is 49.1 Å². The van der Waals surface area contributed by atoms with Crippen molar-refractivity contribution in [2.75, 3.05) is 13.1 Å². The number of carbonyl (C=O) groups is 2. The summed E-state index contributed by atoms with van der Waals surface area (Å²) in [4.78, 5) is 62.0. The molecule has 16 nitrogen and oxygen atoms in total. The Morgan fingerprint density at radius 3 is 2.23 bits per heavy atom. The first-order valence-electron chi connectivity index (χ1n) is 8.04. The zero-order chi connectivity index (χ0) is 23.2. The van der Waals surface area contributed by atoms with Crippen molar-refractivity contribution in [1.82, 2.24) is 14.5 Å². The lowest BCUT2D eigenvalue weighted by Gasteiger charge is -2.30. The molecule has 0 spiro atoms. The summed E-state index contributed by atoms with van der Waals surface area (Å²) in [5.74, 6) is -2.75. The monoisotopic (exact) mass is 456 g/mol. The van der Waals surface area contributed by atoms with E-state index < -0.39 is 68.7 Å². The lowest BCUT2D eigenvalue weighted by molar-refractivity contribution is -0.163. The molecule has 0 saturated carbocycles. The number of aliphatic hydroxyl groups is 2. The van der Waals surface area contributed by atoms with Crippen LogP contribution >= 0.6 is 7.75 Å². The van der Waals surface area contributed by atoms with E-state index in [9.17, 15) is 29.4 Å². The molecule has 1 aromatic heterocycles. The van der Waals surface area contributed by atoms with Gasteiger partial charge >= 0.3 is 25.4 Å². The maximum Gasteiger partial charge on any atom is 0.397 e. The number of ether oxygens (including phenoxy) is 1. The van der Waals surface area contributed by atoms with E-state index in [0.29, 0.717) is 4.90 Å². The number of carboxylic acid groups (broad SMARTS) is 2. The van der Waals surface area contributed by atoms with Crippen LogP contribution in [-0.4, -0.2) is 88.1 Å². The molecule has 4 atom stereocenters. The average molecular weight is 456 g/mol. The molecule has 1 aliphatic heterocycles. The predicted molar refractivity (Wildman–Crippen MR) is 94.9 cm³/mol. The van der Waals surface area contributed by atoms with Gasteiger partial charge in [-0.25, -0.2) is 14.9 Å². The fourth-order valence-corrected chi connectivity index (χ4v) is 2.57. The highest BCUT2D eigenvalue weighted by Crippen LogP contribution is 2.30. The van der Waals surface area contributed by atoms with Crippen LogP contribution in [0.15, 0.2) is 21.9 Å². The number of H-pyrrole nitrogens is 1. The molecular formula is C13H21N4O12P. The highest BCUT2D eigenvalue weighted by atomic mass is 31.2. The zero-order valence-corrected chi connectivity index (χ0v) is 16.0. The molecule has 1 aromatic rings. The fraction of sp³-hybridized carbons (Fsp3) is 0.538. The first-order valence-corrected chi connectivity index (χ1v) is 9.72. The predicted octanol–water partition coefficient (Wildman–Crippen LogP) is -3.99. The van der Waals surface area contributed by atoms with Gasteiger partial charge < -0.3 is 34.9 Å². The summed E-state index contributed by atoms with van der Waals surface area (Å²) in [7, 11) is -4.14. The highest BCUT2D eigenvalue weighted by Gasteiger charge is 2.42. The SMILES string of the molecule is NP(=O)(O)O.O=C(O)CN(CC(=O)O)C(O)[C@H]1O[C@@H](n2ccc(=O)[nH]c2=O)C[C@@H]1O. The van der Waals surface area contributed by atoms with Crippen molar-refractivity contribution >= 4 is 19.7 Å². The van der Waals surface area contributed by atoms with Crippen LogP contribution in [0.3, 0.4) is 0 Å². The Morgan fingerprint density at radius 2 is 1.80 bits per heavy atom. The number of nitrogens with two attached hydrogens (primary N) is 1. The fourth-order valence-electron chi connectivity index (χ4n) is 2.57. The Bertz CT molecular complexity index is 886. The van der Waals surface area contributed by atoms with Crippen molar-refractivity contribution in [1.29, 1.82) is 0 Å². The molecule has 1 saturated heterocycles. The van der Waals surface area contributed by atoms with Crippen molar-refractivity contribution in [2.45, 2.75) is 31.1 Å². The largest absolute Gasteiger partial charge is 0.480 e. The van der Waals surface area contributed by atoms with Crippen molar-refractivity contribution in [3.05, 3.63) is 33.1 Å². The van der Waals surface area contributed by atoms with E-state index in [2.05, 4.69) is 5.50 Å². The summed E-state index contributed by atoms with van der Waals surface area (Å²) in [6.45, 7) is -1.58. The van der Waals surface area contributed by atoms with Gasteiger partial charge in [-0.2, -0.15) is 0 Å². The van der Waals surface area contributed by atoms with Gasteiger partial charge in [0.1, 0.15) is 18.6 Å². The van der Waals surface area contributed by atoms with Gasteiger partial charge in [-0.3, -0.25) is 28.8 Å². The number of hydrogen-bond acceptors (Lipinski definition) is 9. The molecule has 1 unspecified atom stereocenters. The van der Waals surface area contributed by atoms with Crippen LogP contribution in [0.1, 0.15) is 12.6 Å². The smallest absolute Gasteiger partial charge is 0.397 e. The second-order valence-electron chi connectivity index (χ2n) is 6.07. The molecule has 0 amide bonds. The number of hydrogen-bond donors (Lipinski definition) is 8. The summed E-state index contributed by atoms with van der Waals surface area (Å²) < 4.78 is 15.5. The normalized spacial score (nSPS) is 22.3. The number of aliphatic carboxylic acids is 2. The molecule has 0 bridgehead atoms. The first-order chi connectivity index (χ1) is 13.7. The highest BCUT2D eigenvalue weighted by molar-refractivity contribution is 7.49. The average Bonchev–Trinajstić information content (AvgIpc) is 2.92. The van der Waals surface area contributed by atoms with Crippen LogP contribution in [0, 0.1) is 0 Å². The van der Waals surface area contributed by atoms with E-state index in [-0.39, 0.29) is 6.42 Å². The molecule has 0 aliphatic carbocycles. The van der Waals surface area contributed by atoms with Crippen LogP contribution < -0.4 is 16.8 Å². The van der Waals surface area contributed by atoms with Gasteiger partial charge in [-0.05, 0) is 0 Å². The number of aromatic nitrogens is 2. The van der Waals surface area contributed by atoms with Crippen molar-refractivity contribution in [3.8, 4) is 0 Å². The van der Waals surface area contributed by atoms with Gasteiger partial charge in [0.25, 0.3) is 5.56 Å². The number of nitrogens with zero attached hydrogens (tertiary/aromatic N) is 2. The minimum absolute atomic E-state index is 0.123. The molecule has 1 aliphatic rings. The van der Waals surface area contributed by atoms with Crippen molar-refractivity contribution in [3.63, 3.8) is 0 Å². The molecule has 2 rings (SSSR count). The number of aliphatic hydroxyl groups excluding tert-OH is 2. The maximum atomic E-state index is 11.8. The van der Waals surface area contributed by atoms with E-state index in [1.54, 1.807) is 0 Å². The summed E-state index contributed by atoms with van der Waals surface area (Å²) in [5.41, 5.74) is 2.62. The van der Waals surface area contributed by atoms with E-state index in [4.69, 9.17) is 29.3 Å². The molecule has 0 radical (unpaired) electrons. The third kappa shape index (κ3) is 8.52. The first kappa shape index (κ1) is 25.6. The van der Waals surface area contributed by atoms with Crippen LogP contribution in [0.4, 0.5) is 0 Å². The van der Waals surface area contributed by atoms with Gasteiger partial charge in [0.15, 0.2) is 0 Å². The third-order valence-corrected chi connectivity index (χ3v) is 3.64. The Morgan fingerprint density at radius 1 is 1.30 bits per heavy atom.